The minimum absolute atomic E-state index is 0.0779. The highest BCUT2D eigenvalue weighted by molar-refractivity contribution is 9.10. The number of nitrogens with zero attached hydrogens (tertiary/aromatic N) is 4. The van der Waals surface area contributed by atoms with Crippen molar-refractivity contribution in [1.82, 2.24) is 14.5 Å². The van der Waals surface area contributed by atoms with Gasteiger partial charge in [-0.2, -0.15) is 4.98 Å². The van der Waals surface area contributed by atoms with Crippen LogP contribution in [-0.4, -0.2) is 70.8 Å². The van der Waals surface area contributed by atoms with Gasteiger partial charge in [0.25, 0.3) is 0 Å². The summed E-state index contributed by atoms with van der Waals surface area (Å²) in [5, 5.41) is 1.39. The highest BCUT2D eigenvalue weighted by Crippen LogP contribution is 2.46. The summed E-state index contributed by atoms with van der Waals surface area (Å²) in [6.07, 6.45) is -0.331. The SMILES string of the molecule is COC[C@H]1CSc2c(Br)c(Cl)cc3c(N4C[C@@H](C)N(C(=O)OC(C)(C)C)C[C@@H]4C)nc(=O)n1c23. The lowest BCUT2D eigenvalue weighted by molar-refractivity contribution is 0.0130. The number of hydrogen-bond acceptors (Lipinski definition) is 7. The lowest BCUT2D eigenvalue weighted by atomic mass is 10.1. The molecule has 4 rings (SSSR count). The lowest BCUT2D eigenvalue weighted by Gasteiger charge is -2.45. The zero-order valence-corrected chi connectivity index (χ0v) is 23.4. The van der Waals surface area contributed by atoms with Crippen LogP contribution in [0.15, 0.2) is 20.2 Å². The topological polar surface area (TPSA) is 76.9 Å². The van der Waals surface area contributed by atoms with E-state index in [2.05, 4.69) is 25.8 Å². The summed E-state index contributed by atoms with van der Waals surface area (Å²) in [7, 11) is 1.63. The maximum atomic E-state index is 13.3. The molecule has 0 unspecified atom stereocenters. The minimum atomic E-state index is -0.565. The summed E-state index contributed by atoms with van der Waals surface area (Å²) in [6, 6.07) is 1.55. The van der Waals surface area contributed by atoms with Crippen LogP contribution in [0.3, 0.4) is 0 Å². The van der Waals surface area contributed by atoms with Crippen LogP contribution >= 0.6 is 39.3 Å². The molecule has 8 nitrogen and oxygen atoms in total. The van der Waals surface area contributed by atoms with E-state index in [0.717, 1.165) is 20.3 Å². The Morgan fingerprint density at radius 1 is 1.29 bits per heavy atom. The van der Waals surface area contributed by atoms with Crippen molar-refractivity contribution < 1.29 is 14.3 Å². The molecule has 34 heavy (non-hydrogen) atoms. The summed E-state index contributed by atoms with van der Waals surface area (Å²) < 4.78 is 13.5. The maximum absolute atomic E-state index is 13.3. The molecule has 0 spiro atoms. The highest BCUT2D eigenvalue weighted by atomic mass is 79.9. The van der Waals surface area contributed by atoms with Crippen LogP contribution in [0.1, 0.15) is 40.7 Å². The smallest absolute Gasteiger partial charge is 0.410 e. The standard InChI is InChI=1S/C23H30BrClN4O4S/c1-12-9-28(22(31)33-23(3,4)5)13(2)8-27(12)20-15-7-16(25)17(24)19-18(15)29(21(30)26-20)14(10-32-6)11-34-19/h7,12-14H,8-11H2,1-6H3/t12-,13+,14-/m0/s1. The van der Waals surface area contributed by atoms with Crippen molar-refractivity contribution in [3.8, 4) is 0 Å². The number of ether oxygens (including phenoxy) is 2. The number of hydrogen-bond donors (Lipinski definition) is 0. The molecule has 1 aromatic heterocycles. The zero-order chi connectivity index (χ0) is 24.9. The normalized spacial score (nSPS) is 22.9. The van der Waals surface area contributed by atoms with E-state index in [1.165, 1.54) is 0 Å². The molecule has 2 aliphatic heterocycles. The molecule has 0 radical (unpaired) electrons. The van der Waals surface area contributed by atoms with Crippen molar-refractivity contribution >= 4 is 62.1 Å². The number of rotatable bonds is 3. The number of benzene rings is 1. The molecule has 0 N–H and O–H groups in total. The number of methoxy groups -OCH3 is 1. The Balaban J connectivity index is 1.79. The first-order valence-electron chi connectivity index (χ1n) is 11.2. The molecule has 3 atom stereocenters. The Labute approximate surface area is 217 Å². The van der Waals surface area contributed by atoms with Gasteiger partial charge in [0.05, 0.1) is 27.7 Å². The Kier molecular flexibility index (Phi) is 7.17. The van der Waals surface area contributed by atoms with Crippen LogP contribution < -0.4 is 10.6 Å². The second-order valence-electron chi connectivity index (χ2n) is 9.89. The molecule has 1 amide bonds. The van der Waals surface area contributed by atoms with Crippen molar-refractivity contribution in [2.75, 3.05) is 37.5 Å². The van der Waals surface area contributed by atoms with E-state index in [-0.39, 0.29) is 29.9 Å². The van der Waals surface area contributed by atoms with Gasteiger partial charge in [-0.25, -0.2) is 9.59 Å². The van der Waals surface area contributed by atoms with E-state index < -0.39 is 5.60 Å². The fraction of sp³-hybridized carbons (Fsp3) is 0.609. The van der Waals surface area contributed by atoms with Gasteiger partial charge in [0, 0.05) is 48.3 Å². The van der Waals surface area contributed by atoms with Crippen LogP contribution in [0.25, 0.3) is 10.9 Å². The molecule has 0 bridgehead atoms. The predicted octanol–water partition coefficient (Wildman–Crippen LogP) is 4.94. The minimum Gasteiger partial charge on any atom is -0.444 e. The van der Waals surface area contributed by atoms with Crippen LogP contribution in [0.4, 0.5) is 10.6 Å². The van der Waals surface area contributed by atoms with Crippen LogP contribution in [-0.2, 0) is 9.47 Å². The number of amides is 1. The van der Waals surface area contributed by atoms with Crippen LogP contribution in [0.2, 0.25) is 5.02 Å². The van der Waals surface area contributed by atoms with E-state index in [1.54, 1.807) is 28.3 Å². The predicted molar refractivity (Wildman–Crippen MR) is 140 cm³/mol. The summed E-state index contributed by atoms with van der Waals surface area (Å²) in [6.45, 7) is 11.0. The largest absolute Gasteiger partial charge is 0.444 e. The second kappa shape index (κ2) is 9.52. The molecule has 1 saturated heterocycles. The van der Waals surface area contributed by atoms with Gasteiger partial charge in [0.15, 0.2) is 0 Å². The van der Waals surface area contributed by atoms with Crippen LogP contribution in [0, 0.1) is 0 Å². The van der Waals surface area contributed by atoms with Crippen molar-refractivity contribution in [2.45, 2.75) is 63.2 Å². The Morgan fingerprint density at radius 3 is 2.65 bits per heavy atom. The average molecular weight is 574 g/mol. The third kappa shape index (κ3) is 4.66. The number of thioether (sulfide) groups is 1. The van der Waals surface area contributed by atoms with Gasteiger partial charge < -0.3 is 19.3 Å². The number of anilines is 1. The van der Waals surface area contributed by atoms with Crippen LogP contribution in [0.5, 0.6) is 0 Å². The van der Waals surface area contributed by atoms with Gasteiger partial charge in [-0.15, -0.1) is 11.8 Å². The molecule has 2 aliphatic rings. The molecule has 1 aromatic carbocycles. The Bertz CT molecular complexity index is 1180. The lowest BCUT2D eigenvalue weighted by Crippen LogP contribution is -2.59. The van der Waals surface area contributed by atoms with Gasteiger partial charge in [0.1, 0.15) is 11.4 Å². The van der Waals surface area contributed by atoms with Gasteiger partial charge in [-0.3, -0.25) is 4.57 Å². The molecule has 186 valence electrons. The van der Waals surface area contributed by atoms with E-state index in [9.17, 15) is 9.59 Å². The first kappa shape index (κ1) is 25.6. The Morgan fingerprint density at radius 2 is 2.00 bits per heavy atom. The molecular formula is C23H30BrClN4O4S. The highest BCUT2D eigenvalue weighted by Gasteiger charge is 2.37. The molecule has 3 heterocycles. The van der Waals surface area contributed by atoms with Gasteiger partial charge >= 0.3 is 11.8 Å². The zero-order valence-electron chi connectivity index (χ0n) is 20.2. The van der Waals surface area contributed by atoms with E-state index >= 15 is 0 Å². The first-order valence-corrected chi connectivity index (χ1v) is 13.4. The quantitative estimate of drug-likeness (QED) is 0.515. The van der Waals surface area contributed by atoms with Crippen molar-refractivity contribution in [3.05, 3.63) is 26.0 Å². The van der Waals surface area contributed by atoms with E-state index in [1.807, 2.05) is 40.7 Å². The average Bonchev–Trinajstić information content (AvgIpc) is 2.74. The summed E-state index contributed by atoms with van der Waals surface area (Å²) in [5.41, 5.74) is -0.0572. The second-order valence-corrected chi connectivity index (χ2v) is 12.1. The van der Waals surface area contributed by atoms with E-state index in [0.29, 0.717) is 36.3 Å². The number of halogens is 2. The number of aromatic nitrogens is 2. The molecular weight excluding hydrogens is 544 g/mol. The fourth-order valence-corrected chi connectivity index (χ4v) is 6.65. The maximum Gasteiger partial charge on any atom is 0.410 e. The number of carbonyl (C=O) groups is 1. The number of piperazine rings is 1. The van der Waals surface area contributed by atoms with Gasteiger partial charge in [-0.1, -0.05) is 11.6 Å². The fourth-order valence-electron chi connectivity index (χ4n) is 4.56. The molecule has 0 aliphatic carbocycles. The molecule has 11 heteroatoms. The third-order valence-corrected chi connectivity index (χ3v) is 8.92. The van der Waals surface area contributed by atoms with Crippen molar-refractivity contribution in [3.63, 3.8) is 0 Å². The van der Waals surface area contributed by atoms with Crippen molar-refractivity contribution in [2.24, 2.45) is 0 Å². The van der Waals surface area contributed by atoms with Gasteiger partial charge in [-0.05, 0) is 56.6 Å². The summed E-state index contributed by atoms with van der Waals surface area (Å²) >= 11 is 11.9. The van der Waals surface area contributed by atoms with E-state index in [4.69, 9.17) is 21.1 Å². The molecule has 2 aromatic rings. The third-order valence-electron chi connectivity index (χ3n) is 6.07. The first-order chi connectivity index (χ1) is 15.9. The number of carbonyl (C=O) groups excluding carboxylic acids is 1. The van der Waals surface area contributed by atoms with Gasteiger partial charge in [0.2, 0.25) is 0 Å². The summed E-state index contributed by atoms with van der Waals surface area (Å²) in [4.78, 5) is 35.4. The van der Waals surface area contributed by atoms with Crippen molar-refractivity contribution in [1.29, 1.82) is 0 Å². The molecule has 1 fully saturated rings. The summed E-state index contributed by atoms with van der Waals surface area (Å²) in [5.74, 6) is 1.28. The Hall–Kier alpha value is -1.49. The molecule has 0 saturated carbocycles. The monoisotopic (exact) mass is 572 g/mol.